The van der Waals surface area contributed by atoms with Crippen LogP contribution in [0.5, 0.6) is 11.5 Å². The Kier molecular flexibility index (Phi) is 2.82. The van der Waals surface area contributed by atoms with Crippen molar-refractivity contribution in [1.29, 1.82) is 0 Å². The molecule has 0 bridgehead atoms. The number of aliphatic hydroxyl groups is 2. The summed E-state index contributed by atoms with van der Waals surface area (Å²) in [6, 6.07) is 3.29. The molecule has 6 unspecified atom stereocenters. The van der Waals surface area contributed by atoms with Gasteiger partial charge in [-0.05, 0) is 38.9 Å². The van der Waals surface area contributed by atoms with Gasteiger partial charge in [0.25, 0.3) is 0 Å². The fourth-order valence-electron chi connectivity index (χ4n) is 6.26. The summed E-state index contributed by atoms with van der Waals surface area (Å²) in [4.78, 5) is 15.2. The lowest BCUT2D eigenvalue weighted by Crippen LogP contribution is -2.75. The molecule has 2 aliphatic heterocycles. The molecule has 0 radical (unpaired) electrons. The first kappa shape index (κ1) is 16.3. The number of aryl methyl sites for hydroxylation is 1. The summed E-state index contributed by atoms with van der Waals surface area (Å²) in [5.74, 6) is -0.0900. The van der Waals surface area contributed by atoms with E-state index in [1.165, 1.54) is 6.07 Å². The van der Waals surface area contributed by atoms with Gasteiger partial charge in [0.05, 0.1) is 18.1 Å². The van der Waals surface area contributed by atoms with E-state index in [4.69, 9.17) is 4.74 Å². The summed E-state index contributed by atoms with van der Waals surface area (Å²) in [6.45, 7) is 3.24. The van der Waals surface area contributed by atoms with Crippen LogP contribution in [0.25, 0.3) is 0 Å². The van der Waals surface area contributed by atoms with Crippen LogP contribution < -0.4 is 4.74 Å². The maximum Gasteiger partial charge on any atom is 0.206 e. The molecule has 138 valence electrons. The predicted molar refractivity (Wildman–Crippen MR) is 93.3 cm³/mol. The summed E-state index contributed by atoms with van der Waals surface area (Å²) < 4.78 is 6.10. The van der Waals surface area contributed by atoms with Gasteiger partial charge in [0.1, 0.15) is 5.60 Å². The van der Waals surface area contributed by atoms with Gasteiger partial charge in [0.2, 0.25) is 5.60 Å². The maximum absolute atomic E-state index is 13.1. The second-order valence-electron chi connectivity index (χ2n) is 8.24. The second kappa shape index (κ2) is 4.50. The number of ether oxygens (including phenoxy) is 1. The van der Waals surface area contributed by atoms with E-state index < -0.39 is 23.2 Å². The minimum Gasteiger partial charge on any atom is -0.504 e. The van der Waals surface area contributed by atoms with Gasteiger partial charge < -0.3 is 20.1 Å². The molecule has 0 amide bonds. The second-order valence-corrected chi connectivity index (χ2v) is 8.24. The molecule has 1 saturated carbocycles. The first-order chi connectivity index (χ1) is 12.3. The van der Waals surface area contributed by atoms with E-state index in [1.54, 1.807) is 6.07 Å². The number of fused-ring (bicyclic) bond motifs is 3. The smallest absolute Gasteiger partial charge is 0.206 e. The van der Waals surface area contributed by atoms with E-state index in [9.17, 15) is 20.1 Å². The molecule has 2 heterocycles. The number of rotatable bonds is 1. The summed E-state index contributed by atoms with van der Waals surface area (Å²) in [7, 11) is 1.96. The van der Waals surface area contributed by atoms with Crippen molar-refractivity contribution in [3.8, 4) is 11.5 Å². The first-order valence-electron chi connectivity index (χ1n) is 9.05. The number of hydrogen-bond donors (Lipinski definition) is 3. The highest BCUT2D eigenvalue weighted by molar-refractivity contribution is 5.95. The van der Waals surface area contributed by atoms with Gasteiger partial charge in [-0.25, -0.2) is 0 Å². The Labute approximate surface area is 151 Å². The van der Waals surface area contributed by atoms with Crippen LogP contribution in [0.2, 0.25) is 0 Å². The number of benzene rings is 1. The monoisotopic (exact) mass is 357 g/mol. The molecule has 2 fully saturated rings. The number of carbonyl (C=O) groups excluding carboxylic acids is 1. The Bertz CT molecular complexity index is 894. The topological polar surface area (TPSA) is 90.0 Å². The summed E-state index contributed by atoms with van der Waals surface area (Å²) in [5, 5.41) is 33.0. The van der Waals surface area contributed by atoms with Gasteiger partial charge in [0, 0.05) is 18.0 Å². The largest absolute Gasteiger partial charge is 0.504 e. The van der Waals surface area contributed by atoms with E-state index >= 15 is 0 Å². The highest BCUT2D eigenvalue weighted by atomic mass is 16.5. The summed E-state index contributed by atoms with van der Waals surface area (Å²) >= 11 is 0. The van der Waals surface area contributed by atoms with Gasteiger partial charge in [-0.1, -0.05) is 17.7 Å². The number of carbonyl (C=O) groups is 1. The number of aromatic hydroxyl groups is 1. The molecule has 4 aliphatic rings. The maximum atomic E-state index is 13.1. The van der Waals surface area contributed by atoms with Gasteiger partial charge in [-0.15, -0.1) is 0 Å². The van der Waals surface area contributed by atoms with Crippen molar-refractivity contribution in [1.82, 2.24) is 4.90 Å². The third-order valence-electron chi connectivity index (χ3n) is 7.30. The molecule has 6 heteroatoms. The molecule has 1 aromatic rings. The van der Waals surface area contributed by atoms with Crippen molar-refractivity contribution in [3.63, 3.8) is 0 Å². The van der Waals surface area contributed by atoms with Gasteiger partial charge in [-0.2, -0.15) is 0 Å². The molecule has 3 N–H and O–H groups in total. The molecule has 5 rings (SSSR count). The number of phenols is 1. The van der Waals surface area contributed by atoms with E-state index in [-0.39, 0.29) is 35.8 Å². The molecule has 6 atom stereocenters. The standard InChI is InChI=1S/C20H23NO5/c1-10-4-5-13(23)16-15(10)20-11(2)8-12-17(21(12)3)18(20,25)7-6-14(24)19(20,9-22)26-16/h4-5,8,12,17,22-23,25H,6-7,9H2,1-3H3. The van der Waals surface area contributed by atoms with Crippen LogP contribution in [-0.4, -0.2) is 62.9 Å². The molecular formula is C20H23NO5. The molecule has 1 aromatic carbocycles. The van der Waals surface area contributed by atoms with Crippen molar-refractivity contribution in [2.75, 3.05) is 13.7 Å². The Morgan fingerprint density at radius 1 is 1.35 bits per heavy atom. The zero-order valence-corrected chi connectivity index (χ0v) is 15.1. The minimum absolute atomic E-state index is 0.0728. The zero-order chi connectivity index (χ0) is 18.6. The number of phenolic OH excluding ortho intramolecular Hbond substituents is 1. The third-order valence-corrected chi connectivity index (χ3v) is 7.30. The van der Waals surface area contributed by atoms with Crippen LogP contribution >= 0.6 is 0 Å². The van der Waals surface area contributed by atoms with Crippen LogP contribution in [0.3, 0.4) is 0 Å². The van der Waals surface area contributed by atoms with Gasteiger partial charge >= 0.3 is 0 Å². The number of likely N-dealkylation sites (N-methyl/N-ethyl adjacent to an activating group) is 1. The van der Waals surface area contributed by atoms with Crippen molar-refractivity contribution in [2.24, 2.45) is 0 Å². The number of nitrogens with zero attached hydrogens (tertiary/aromatic N) is 1. The minimum atomic E-state index is -1.61. The molecule has 0 aromatic heterocycles. The van der Waals surface area contributed by atoms with E-state index in [0.29, 0.717) is 12.0 Å². The Morgan fingerprint density at radius 3 is 2.77 bits per heavy atom. The van der Waals surface area contributed by atoms with E-state index in [1.807, 2.05) is 20.9 Å². The van der Waals surface area contributed by atoms with Crippen molar-refractivity contribution < 1.29 is 24.9 Å². The molecular weight excluding hydrogens is 334 g/mol. The molecule has 2 aliphatic carbocycles. The normalized spacial score (nSPS) is 45.0. The summed E-state index contributed by atoms with van der Waals surface area (Å²) in [6.07, 6.45) is 2.52. The third kappa shape index (κ3) is 1.36. The van der Waals surface area contributed by atoms with Crippen LogP contribution in [0.4, 0.5) is 0 Å². The number of ketones is 1. The lowest BCUT2D eigenvalue weighted by atomic mass is 9.47. The fraction of sp³-hybridized carbons (Fsp3) is 0.550. The predicted octanol–water partition coefficient (Wildman–Crippen LogP) is 0.798. The highest BCUT2D eigenvalue weighted by Crippen LogP contribution is 2.69. The molecule has 6 nitrogen and oxygen atoms in total. The average molecular weight is 357 g/mol. The van der Waals surface area contributed by atoms with Crippen molar-refractivity contribution in [2.45, 2.75) is 55.4 Å². The molecule has 1 saturated heterocycles. The van der Waals surface area contributed by atoms with Crippen LogP contribution in [0.15, 0.2) is 23.8 Å². The van der Waals surface area contributed by atoms with E-state index in [2.05, 4.69) is 11.0 Å². The summed E-state index contributed by atoms with van der Waals surface area (Å²) in [5.41, 5.74) is -1.79. The lowest BCUT2D eigenvalue weighted by molar-refractivity contribution is -0.175. The number of aliphatic hydroxyl groups excluding tert-OH is 1. The Morgan fingerprint density at radius 2 is 2.08 bits per heavy atom. The van der Waals surface area contributed by atoms with Gasteiger partial charge in [-0.3, -0.25) is 9.69 Å². The van der Waals surface area contributed by atoms with Gasteiger partial charge in [0.15, 0.2) is 17.3 Å². The van der Waals surface area contributed by atoms with Crippen molar-refractivity contribution in [3.05, 3.63) is 34.9 Å². The molecule has 26 heavy (non-hydrogen) atoms. The van der Waals surface area contributed by atoms with E-state index in [0.717, 1.165) is 11.1 Å². The quantitative estimate of drug-likeness (QED) is 0.509. The molecule has 1 spiro atoms. The van der Waals surface area contributed by atoms with Crippen LogP contribution in [0, 0.1) is 6.92 Å². The zero-order valence-electron chi connectivity index (χ0n) is 15.1. The fourth-order valence-corrected chi connectivity index (χ4v) is 6.26. The average Bonchev–Trinajstić information content (AvgIpc) is 3.12. The lowest BCUT2D eigenvalue weighted by Gasteiger charge is -2.57. The van der Waals surface area contributed by atoms with Crippen molar-refractivity contribution >= 4 is 5.78 Å². The Balaban J connectivity index is 1.95. The Hall–Kier alpha value is -1.89. The van der Waals surface area contributed by atoms with Crippen LogP contribution in [-0.2, 0) is 10.2 Å². The SMILES string of the molecule is CC1=CC2C(N2C)C2(O)CCC(=O)C3(CO)Oc4c(O)ccc(C)c4C132. The number of Topliss-reactive ketones (excluding diaryl/α,β-unsaturated/α-hetero) is 1. The highest BCUT2D eigenvalue weighted by Gasteiger charge is 2.82. The number of hydrogen-bond acceptors (Lipinski definition) is 6. The van der Waals surface area contributed by atoms with Crippen LogP contribution in [0.1, 0.15) is 30.9 Å². The first-order valence-corrected chi connectivity index (χ1v) is 9.05.